The summed E-state index contributed by atoms with van der Waals surface area (Å²) in [6, 6.07) is 0. The Morgan fingerprint density at radius 2 is 1.68 bits per heavy atom. The number of hydrogen-bond acceptors (Lipinski definition) is 4. The lowest BCUT2D eigenvalue weighted by atomic mass is 9.43. The second kappa shape index (κ2) is 12.3. The van der Waals surface area contributed by atoms with Crippen molar-refractivity contribution < 1.29 is 20.1 Å². The molecule has 1 amide bonds. The first kappa shape index (κ1) is 29.3. The van der Waals surface area contributed by atoms with Crippen LogP contribution in [0.2, 0.25) is 0 Å². The van der Waals surface area contributed by atoms with Gasteiger partial charge in [0.25, 0.3) is 0 Å². The maximum absolute atomic E-state index is 12.5. The number of aliphatic hydroxyl groups is 3. The second-order valence-electron chi connectivity index (χ2n) is 14.2. The molecule has 0 aromatic carbocycles. The molecular formula is C32H57NO4. The molecule has 4 rings (SSSR count). The fraction of sp³-hybridized carbons (Fsp3) is 0.969. The average molecular weight is 520 g/mol. The zero-order valence-corrected chi connectivity index (χ0v) is 24.3. The first-order chi connectivity index (χ1) is 17.6. The lowest BCUT2D eigenvalue weighted by Crippen LogP contribution is -2.62. The van der Waals surface area contributed by atoms with Gasteiger partial charge in [-0.05, 0) is 104 Å². The lowest BCUT2D eigenvalue weighted by Gasteiger charge is -2.63. The van der Waals surface area contributed by atoms with Gasteiger partial charge in [-0.15, -0.1) is 0 Å². The van der Waals surface area contributed by atoms with Crippen LogP contribution >= 0.6 is 0 Å². The molecule has 0 aromatic heterocycles. The maximum atomic E-state index is 12.5. The Kier molecular flexibility index (Phi) is 9.71. The summed E-state index contributed by atoms with van der Waals surface area (Å²) in [6.07, 6.45) is 14.3. The van der Waals surface area contributed by atoms with E-state index in [-0.39, 0.29) is 41.0 Å². The number of nitrogens with one attached hydrogen (secondary N) is 1. The number of aliphatic hydroxyl groups excluding tert-OH is 3. The van der Waals surface area contributed by atoms with Crippen LogP contribution in [0.4, 0.5) is 0 Å². The molecule has 4 N–H and O–H groups in total. The van der Waals surface area contributed by atoms with Crippen LogP contribution in [-0.2, 0) is 4.79 Å². The van der Waals surface area contributed by atoms with Crippen LogP contribution < -0.4 is 5.32 Å². The van der Waals surface area contributed by atoms with Gasteiger partial charge in [0.15, 0.2) is 0 Å². The van der Waals surface area contributed by atoms with Crippen molar-refractivity contribution in [3.05, 3.63) is 0 Å². The van der Waals surface area contributed by atoms with Gasteiger partial charge in [-0.2, -0.15) is 0 Å². The predicted molar refractivity (Wildman–Crippen MR) is 149 cm³/mol. The van der Waals surface area contributed by atoms with Crippen LogP contribution in [0.5, 0.6) is 0 Å². The third-order valence-electron chi connectivity index (χ3n) is 12.2. The van der Waals surface area contributed by atoms with Crippen LogP contribution in [0.15, 0.2) is 0 Å². The van der Waals surface area contributed by atoms with E-state index in [0.717, 1.165) is 64.3 Å². The van der Waals surface area contributed by atoms with E-state index in [1.165, 1.54) is 32.1 Å². The Hall–Kier alpha value is -0.650. The zero-order valence-electron chi connectivity index (χ0n) is 24.3. The van der Waals surface area contributed by atoms with E-state index < -0.39 is 0 Å². The number of hydrogen-bond donors (Lipinski definition) is 4. The molecular weight excluding hydrogens is 462 g/mol. The fourth-order valence-corrected chi connectivity index (χ4v) is 9.91. The van der Waals surface area contributed by atoms with E-state index >= 15 is 0 Å². The molecule has 4 aliphatic carbocycles. The average Bonchev–Trinajstić information content (AvgIpc) is 3.22. The molecule has 37 heavy (non-hydrogen) atoms. The molecule has 5 heteroatoms. The van der Waals surface area contributed by atoms with Crippen molar-refractivity contribution in [3.8, 4) is 0 Å². The summed E-state index contributed by atoms with van der Waals surface area (Å²) >= 11 is 0. The third-order valence-corrected chi connectivity index (χ3v) is 12.2. The third kappa shape index (κ3) is 5.80. The fourth-order valence-electron chi connectivity index (χ4n) is 9.91. The quantitative estimate of drug-likeness (QED) is 0.258. The molecule has 4 saturated carbocycles. The van der Waals surface area contributed by atoms with Crippen molar-refractivity contribution in [2.24, 2.45) is 46.3 Å². The molecule has 214 valence electrons. The van der Waals surface area contributed by atoms with Crippen molar-refractivity contribution in [1.82, 2.24) is 5.32 Å². The van der Waals surface area contributed by atoms with Gasteiger partial charge in [0.1, 0.15) is 0 Å². The van der Waals surface area contributed by atoms with Gasteiger partial charge in [0.05, 0.1) is 18.3 Å². The summed E-state index contributed by atoms with van der Waals surface area (Å²) in [5.74, 6) is 2.24. The van der Waals surface area contributed by atoms with Crippen molar-refractivity contribution in [3.63, 3.8) is 0 Å². The SMILES string of the molecule is CCCCCCCCNC(=O)CC[C@@H](C)[C@H]1CC[C@H]2[C@@H]3[C@H](O)C[C@@H]4C[C@H](O)CC[C@]4(C)[C@H]3C[C@H](O)[C@]12C. The predicted octanol–water partition coefficient (Wildman–Crippen LogP) is 5.84. The van der Waals surface area contributed by atoms with Crippen LogP contribution in [0.1, 0.15) is 124 Å². The van der Waals surface area contributed by atoms with Gasteiger partial charge in [-0.3, -0.25) is 4.79 Å². The Morgan fingerprint density at radius 3 is 2.43 bits per heavy atom. The summed E-state index contributed by atoms with van der Waals surface area (Å²) in [5, 5.41) is 36.6. The van der Waals surface area contributed by atoms with Crippen LogP contribution in [-0.4, -0.2) is 46.1 Å². The monoisotopic (exact) mass is 519 g/mol. The number of rotatable bonds is 11. The zero-order chi connectivity index (χ0) is 26.8. The molecule has 0 heterocycles. The molecule has 0 aliphatic heterocycles. The molecule has 0 aromatic rings. The van der Waals surface area contributed by atoms with Crippen LogP contribution in [0.3, 0.4) is 0 Å². The van der Waals surface area contributed by atoms with Gasteiger partial charge >= 0.3 is 0 Å². The van der Waals surface area contributed by atoms with E-state index in [9.17, 15) is 20.1 Å². The molecule has 11 atom stereocenters. The minimum absolute atomic E-state index is 0.114. The maximum Gasteiger partial charge on any atom is 0.220 e. The van der Waals surface area contributed by atoms with E-state index in [0.29, 0.717) is 36.0 Å². The minimum atomic E-state index is -0.357. The minimum Gasteiger partial charge on any atom is -0.393 e. The Balaban J connectivity index is 1.33. The standard InChI is InChI=1S/C32H57NO4/c1-5-6-7-8-9-10-17-33-29(37)14-11-21(2)24-12-13-25-30-26(20-28(36)32(24,25)4)31(3)16-15-23(34)18-22(31)19-27(30)35/h21-28,30,34-36H,5-20H2,1-4H3,(H,33,37)/t21-,22+,23-,24-,25+,26+,27-,28+,30+,31+,32-/m1/s1. The van der Waals surface area contributed by atoms with E-state index in [1.807, 2.05) is 0 Å². The molecule has 4 fully saturated rings. The van der Waals surface area contributed by atoms with E-state index in [4.69, 9.17) is 0 Å². The van der Waals surface area contributed by atoms with Gasteiger partial charge in [0, 0.05) is 13.0 Å². The van der Waals surface area contributed by atoms with Gasteiger partial charge in [0.2, 0.25) is 5.91 Å². The van der Waals surface area contributed by atoms with Crippen molar-refractivity contribution >= 4 is 5.91 Å². The number of carbonyl (C=O) groups is 1. The van der Waals surface area contributed by atoms with E-state index in [2.05, 4.69) is 33.0 Å². The number of amides is 1. The van der Waals surface area contributed by atoms with E-state index in [1.54, 1.807) is 0 Å². The first-order valence-corrected chi connectivity index (χ1v) is 15.9. The molecule has 0 radical (unpaired) electrons. The first-order valence-electron chi connectivity index (χ1n) is 15.9. The van der Waals surface area contributed by atoms with Crippen LogP contribution in [0.25, 0.3) is 0 Å². The highest BCUT2D eigenvalue weighted by molar-refractivity contribution is 5.75. The molecule has 0 unspecified atom stereocenters. The number of unbranched alkanes of at least 4 members (excludes halogenated alkanes) is 5. The highest BCUT2D eigenvalue weighted by Gasteiger charge is 2.65. The highest BCUT2D eigenvalue weighted by atomic mass is 16.3. The lowest BCUT2D eigenvalue weighted by molar-refractivity contribution is -0.207. The Bertz CT molecular complexity index is 759. The van der Waals surface area contributed by atoms with Crippen LogP contribution in [0, 0.1) is 46.3 Å². The number of fused-ring (bicyclic) bond motifs is 5. The Labute approximate surface area is 226 Å². The molecule has 4 aliphatic rings. The summed E-state index contributed by atoms with van der Waals surface area (Å²) < 4.78 is 0. The Morgan fingerprint density at radius 1 is 0.946 bits per heavy atom. The molecule has 0 bridgehead atoms. The van der Waals surface area contributed by atoms with Crippen molar-refractivity contribution in [2.45, 2.75) is 142 Å². The number of carbonyl (C=O) groups excluding carboxylic acids is 1. The summed E-state index contributed by atoms with van der Waals surface area (Å²) in [4.78, 5) is 12.5. The van der Waals surface area contributed by atoms with Gasteiger partial charge in [-0.1, -0.05) is 59.8 Å². The summed E-state index contributed by atoms with van der Waals surface area (Å²) in [7, 11) is 0. The smallest absolute Gasteiger partial charge is 0.220 e. The topological polar surface area (TPSA) is 89.8 Å². The highest BCUT2D eigenvalue weighted by Crippen LogP contribution is 2.68. The van der Waals surface area contributed by atoms with Gasteiger partial charge < -0.3 is 20.6 Å². The van der Waals surface area contributed by atoms with Gasteiger partial charge in [-0.25, -0.2) is 0 Å². The largest absolute Gasteiger partial charge is 0.393 e. The molecule has 0 spiro atoms. The summed E-state index contributed by atoms with van der Waals surface area (Å²) in [5.41, 5.74) is -0.0723. The van der Waals surface area contributed by atoms with Crippen molar-refractivity contribution in [2.75, 3.05) is 6.54 Å². The normalized spacial score (nSPS) is 44.0. The molecule has 5 nitrogen and oxygen atoms in total. The summed E-state index contributed by atoms with van der Waals surface area (Å²) in [6.45, 7) is 10.0. The second-order valence-corrected chi connectivity index (χ2v) is 14.2. The van der Waals surface area contributed by atoms with Crippen molar-refractivity contribution in [1.29, 1.82) is 0 Å². The molecule has 0 saturated heterocycles.